The normalized spacial score (nSPS) is 13.4. The van der Waals surface area contributed by atoms with Crippen molar-refractivity contribution in [3.05, 3.63) is 0 Å². The van der Waals surface area contributed by atoms with Gasteiger partial charge in [-0.15, -0.1) is 0 Å². The minimum absolute atomic E-state index is 0.0421. The fourth-order valence-electron chi connectivity index (χ4n) is 3.94. The third-order valence-electron chi connectivity index (χ3n) is 5.77. The molecule has 2 N–H and O–H groups in total. The first-order chi connectivity index (χ1) is 14.2. The molecule has 0 heterocycles. The Morgan fingerprint density at radius 1 is 0.759 bits per heavy atom. The summed E-state index contributed by atoms with van der Waals surface area (Å²) in [6.45, 7) is 8.12. The molecule has 0 aromatic carbocycles. The van der Waals surface area contributed by atoms with Crippen LogP contribution in [0.3, 0.4) is 0 Å². The molecule has 0 aliphatic rings. The van der Waals surface area contributed by atoms with Gasteiger partial charge in [-0.2, -0.15) is 0 Å². The van der Waals surface area contributed by atoms with Gasteiger partial charge in [-0.3, -0.25) is 4.79 Å². The van der Waals surface area contributed by atoms with Gasteiger partial charge in [0.15, 0.2) is 0 Å². The number of hydrogen-bond acceptors (Lipinski definition) is 4. The highest BCUT2D eigenvalue weighted by atomic mass is 16.5. The van der Waals surface area contributed by atoms with Crippen LogP contribution in [0.1, 0.15) is 124 Å². The van der Waals surface area contributed by atoms with Crippen molar-refractivity contribution >= 4 is 5.97 Å². The average molecular weight is 414 g/mol. The Hall–Kier alpha value is -0.610. The van der Waals surface area contributed by atoms with Crippen molar-refractivity contribution in [1.29, 1.82) is 0 Å². The molecule has 0 saturated heterocycles. The molecule has 174 valence electrons. The van der Waals surface area contributed by atoms with Gasteiger partial charge in [0.25, 0.3) is 0 Å². The minimum Gasteiger partial charge on any atom is -0.465 e. The molecule has 29 heavy (non-hydrogen) atoms. The van der Waals surface area contributed by atoms with Crippen molar-refractivity contribution in [3.63, 3.8) is 0 Å². The molecule has 2 unspecified atom stereocenters. The van der Waals surface area contributed by atoms with Gasteiger partial charge >= 0.3 is 5.97 Å². The van der Waals surface area contributed by atoms with Crippen LogP contribution in [0.25, 0.3) is 0 Å². The number of unbranched alkanes of at least 4 members (excludes halogenated alkanes) is 8. The van der Waals surface area contributed by atoms with E-state index in [0.717, 1.165) is 57.8 Å². The highest BCUT2D eigenvalue weighted by Crippen LogP contribution is 2.21. The molecule has 0 rings (SSSR count). The van der Waals surface area contributed by atoms with Crippen LogP contribution < -0.4 is 5.32 Å². The van der Waals surface area contributed by atoms with Crippen LogP contribution in [0.4, 0.5) is 0 Å². The van der Waals surface area contributed by atoms with Crippen LogP contribution >= 0.6 is 0 Å². The first-order valence-corrected chi connectivity index (χ1v) is 12.7. The van der Waals surface area contributed by atoms with Crippen LogP contribution in [0.5, 0.6) is 0 Å². The first-order valence-electron chi connectivity index (χ1n) is 12.7. The number of ether oxygens (including phenoxy) is 1. The number of aliphatic hydroxyl groups is 1. The maximum Gasteiger partial charge on any atom is 0.308 e. The van der Waals surface area contributed by atoms with Crippen LogP contribution in [0, 0.1) is 5.92 Å². The van der Waals surface area contributed by atoms with Gasteiger partial charge in [0.1, 0.15) is 0 Å². The van der Waals surface area contributed by atoms with E-state index in [-0.39, 0.29) is 18.5 Å². The van der Waals surface area contributed by atoms with E-state index in [2.05, 4.69) is 26.1 Å². The molecule has 0 spiro atoms. The molecule has 0 amide bonds. The van der Waals surface area contributed by atoms with Crippen molar-refractivity contribution in [3.8, 4) is 0 Å². The summed E-state index contributed by atoms with van der Waals surface area (Å²) < 4.78 is 5.63. The molecule has 0 aromatic rings. The Balaban J connectivity index is 4.23. The Morgan fingerprint density at radius 2 is 1.34 bits per heavy atom. The molecule has 0 fully saturated rings. The summed E-state index contributed by atoms with van der Waals surface area (Å²) in [5.41, 5.74) is 0. The SMILES string of the molecule is CCCCCCCOC(=O)C(CCCCCC)CCCCC(CCC)NCCO. The van der Waals surface area contributed by atoms with Crippen molar-refractivity contribution < 1.29 is 14.6 Å². The fourth-order valence-corrected chi connectivity index (χ4v) is 3.94. The van der Waals surface area contributed by atoms with Crippen molar-refractivity contribution in [2.45, 2.75) is 130 Å². The number of carbonyl (C=O) groups excluding carboxylic acids is 1. The number of aliphatic hydroxyl groups excluding tert-OH is 1. The average Bonchev–Trinajstić information content (AvgIpc) is 2.72. The number of hydrogen-bond donors (Lipinski definition) is 2. The Morgan fingerprint density at radius 3 is 1.97 bits per heavy atom. The van der Waals surface area contributed by atoms with Gasteiger partial charge in [0, 0.05) is 12.6 Å². The lowest BCUT2D eigenvalue weighted by Crippen LogP contribution is -2.31. The van der Waals surface area contributed by atoms with Gasteiger partial charge in [-0.1, -0.05) is 91.4 Å². The number of carbonyl (C=O) groups is 1. The van der Waals surface area contributed by atoms with Crippen molar-refractivity contribution in [2.75, 3.05) is 19.8 Å². The standard InChI is InChI=1S/C25H51NO3/c1-4-7-9-11-15-22-29-25(28)23(17-12-10-8-5-2)18-13-14-19-24(16-6-3)26-20-21-27/h23-24,26-27H,4-22H2,1-3H3. The van der Waals surface area contributed by atoms with E-state index in [9.17, 15) is 4.79 Å². The largest absolute Gasteiger partial charge is 0.465 e. The molecule has 0 radical (unpaired) electrons. The molecule has 0 aliphatic heterocycles. The van der Waals surface area contributed by atoms with Gasteiger partial charge < -0.3 is 15.2 Å². The predicted octanol–water partition coefficient (Wildman–Crippen LogP) is 6.40. The lowest BCUT2D eigenvalue weighted by molar-refractivity contribution is -0.149. The third kappa shape index (κ3) is 17.9. The van der Waals surface area contributed by atoms with E-state index in [0.29, 0.717) is 19.2 Å². The van der Waals surface area contributed by atoms with E-state index in [1.54, 1.807) is 0 Å². The lowest BCUT2D eigenvalue weighted by Gasteiger charge is -2.19. The van der Waals surface area contributed by atoms with Crippen LogP contribution in [0.15, 0.2) is 0 Å². The van der Waals surface area contributed by atoms with E-state index >= 15 is 0 Å². The van der Waals surface area contributed by atoms with E-state index in [4.69, 9.17) is 9.84 Å². The van der Waals surface area contributed by atoms with Gasteiger partial charge in [0.2, 0.25) is 0 Å². The topological polar surface area (TPSA) is 58.6 Å². The molecular weight excluding hydrogens is 362 g/mol. The maximum atomic E-state index is 12.6. The highest BCUT2D eigenvalue weighted by molar-refractivity contribution is 5.72. The molecular formula is C25H51NO3. The second-order valence-corrected chi connectivity index (χ2v) is 8.58. The van der Waals surface area contributed by atoms with E-state index in [1.807, 2.05) is 0 Å². The molecule has 0 bridgehead atoms. The van der Waals surface area contributed by atoms with Crippen LogP contribution in [-0.4, -0.2) is 36.9 Å². The zero-order chi connectivity index (χ0) is 21.6. The van der Waals surface area contributed by atoms with E-state index in [1.165, 1.54) is 44.9 Å². The Labute approximate surface area is 181 Å². The summed E-state index contributed by atoms with van der Waals surface area (Å²) in [6.07, 6.45) is 18.4. The predicted molar refractivity (Wildman–Crippen MR) is 124 cm³/mol. The van der Waals surface area contributed by atoms with Gasteiger partial charge in [-0.05, 0) is 32.1 Å². The monoisotopic (exact) mass is 413 g/mol. The van der Waals surface area contributed by atoms with E-state index < -0.39 is 0 Å². The minimum atomic E-state index is 0.0421. The fraction of sp³-hybridized carbons (Fsp3) is 0.960. The van der Waals surface area contributed by atoms with Crippen molar-refractivity contribution in [2.24, 2.45) is 5.92 Å². The second-order valence-electron chi connectivity index (χ2n) is 8.58. The number of nitrogens with one attached hydrogen (secondary N) is 1. The smallest absolute Gasteiger partial charge is 0.308 e. The third-order valence-corrected chi connectivity index (χ3v) is 5.77. The molecule has 0 saturated carbocycles. The maximum absolute atomic E-state index is 12.6. The summed E-state index contributed by atoms with van der Waals surface area (Å²) >= 11 is 0. The highest BCUT2D eigenvalue weighted by Gasteiger charge is 2.19. The summed E-state index contributed by atoms with van der Waals surface area (Å²) in [5.74, 6) is 0.123. The number of esters is 1. The van der Waals surface area contributed by atoms with Gasteiger partial charge in [0.05, 0.1) is 19.1 Å². The lowest BCUT2D eigenvalue weighted by atomic mass is 9.93. The summed E-state index contributed by atoms with van der Waals surface area (Å²) in [7, 11) is 0. The molecule has 2 atom stereocenters. The summed E-state index contributed by atoms with van der Waals surface area (Å²) in [5, 5.41) is 12.5. The summed E-state index contributed by atoms with van der Waals surface area (Å²) in [6, 6.07) is 0.491. The van der Waals surface area contributed by atoms with Crippen LogP contribution in [-0.2, 0) is 9.53 Å². The number of rotatable bonds is 22. The molecule has 0 aromatic heterocycles. The zero-order valence-electron chi connectivity index (χ0n) is 19.9. The van der Waals surface area contributed by atoms with Crippen LogP contribution in [0.2, 0.25) is 0 Å². The Kier molecular flexibility index (Phi) is 21.6. The molecule has 4 heteroatoms. The summed E-state index contributed by atoms with van der Waals surface area (Å²) in [4.78, 5) is 12.6. The molecule has 0 aliphatic carbocycles. The second kappa shape index (κ2) is 22.1. The quantitative estimate of drug-likeness (QED) is 0.159. The van der Waals surface area contributed by atoms with Gasteiger partial charge in [-0.25, -0.2) is 0 Å². The Bertz CT molecular complexity index is 349. The molecule has 4 nitrogen and oxygen atoms in total. The zero-order valence-corrected chi connectivity index (χ0v) is 19.9. The van der Waals surface area contributed by atoms with Crippen molar-refractivity contribution in [1.82, 2.24) is 5.32 Å². The first kappa shape index (κ1) is 28.4.